The lowest BCUT2D eigenvalue weighted by atomic mass is 9.97. The summed E-state index contributed by atoms with van der Waals surface area (Å²) in [5.74, 6) is 0.936. The molecule has 94 valence electrons. The van der Waals surface area contributed by atoms with E-state index >= 15 is 0 Å². The average Bonchev–Trinajstić information content (AvgIpc) is 2.84. The van der Waals surface area contributed by atoms with Crippen molar-refractivity contribution in [1.29, 1.82) is 0 Å². The van der Waals surface area contributed by atoms with E-state index in [2.05, 4.69) is 24.4 Å². The van der Waals surface area contributed by atoms with E-state index in [0.29, 0.717) is 0 Å². The summed E-state index contributed by atoms with van der Waals surface area (Å²) in [6, 6.07) is 6.50. The molecule has 2 unspecified atom stereocenters. The number of rotatable bonds is 4. The fourth-order valence-electron chi connectivity index (χ4n) is 2.50. The zero-order valence-electron chi connectivity index (χ0n) is 10.8. The van der Waals surface area contributed by atoms with Crippen LogP contribution in [0.3, 0.4) is 0 Å². The number of nitrogens with one attached hydrogen (secondary N) is 1. The summed E-state index contributed by atoms with van der Waals surface area (Å²) in [4.78, 5) is 0. The van der Waals surface area contributed by atoms with Crippen LogP contribution in [0.1, 0.15) is 30.0 Å². The van der Waals surface area contributed by atoms with E-state index in [1.807, 2.05) is 13.1 Å². The first-order valence-electron chi connectivity index (χ1n) is 6.19. The van der Waals surface area contributed by atoms with Gasteiger partial charge in [0.05, 0.1) is 19.3 Å². The standard InChI is InChI=1S/C14H21NO2/c1-10-6-7-12(16-3)11(9-10)14(15-2)13-5-4-8-17-13/h6-7,9,13-15H,4-5,8H2,1-3H3. The Hall–Kier alpha value is -1.06. The van der Waals surface area contributed by atoms with E-state index in [4.69, 9.17) is 9.47 Å². The predicted molar refractivity (Wildman–Crippen MR) is 68.5 cm³/mol. The molecule has 0 aromatic heterocycles. The molecule has 0 aliphatic carbocycles. The van der Waals surface area contributed by atoms with E-state index < -0.39 is 0 Å². The molecule has 0 spiro atoms. The molecule has 0 amide bonds. The molecule has 1 fully saturated rings. The quantitative estimate of drug-likeness (QED) is 0.869. The Morgan fingerprint density at radius 1 is 1.47 bits per heavy atom. The molecule has 1 N–H and O–H groups in total. The Kier molecular flexibility index (Phi) is 4.02. The van der Waals surface area contributed by atoms with Crippen molar-refractivity contribution >= 4 is 0 Å². The molecular weight excluding hydrogens is 214 g/mol. The summed E-state index contributed by atoms with van der Waals surface area (Å²) in [5.41, 5.74) is 2.45. The van der Waals surface area contributed by atoms with Gasteiger partial charge >= 0.3 is 0 Å². The lowest BCUT2D eigenvalue weighted by molar-refractivity contribution is 0.0799. The van der Waals surface area contributed by atoms with E-state index in [9.17, 15) is 0 Å². The molecule has 1 aromatic carbocycles. The fraction of sp³-hybridized carbons (Fsp3) is 0.571. The maximum absolute atomic E-state index is 5.78. The Morgan fingerprint density at radius 3 is 2.88 bits per heavy atom. The van der Waals surface area contributed by atoms with Gasteiger partial charge in [-0.15, -0.1) is 0 Å². The maximum atomic E-state index is 5.78. The van der Waals surface area contributed by atoms with Crippen molar-refractivity contribution in [2.75, 3.05) is 20.8 Å². The molecule has 0 radical (unpaired) electrons. The van der Waals surface area contributed by atoms with Gasteiger partial charge in [0.2, 0.25) is 0 Å². The highest BCUT2D eigenvalue weighted by Gasteiger charge is 2.28. The van der Waals surface area contributed by atoms with E-state index in [1.54, 1.807) is 7.11 Å². The topological polar surface area (TPSA) is 30.5 Å². The van der Waals surface area contributed by atoms with E-state index in [0.717, 1.165) is 25.2 Å². The average molecular weight is 235 g/mol. The molecule has 1 aliphatic rings. The molecule has 3 nitrogen and oxygen atoms in total. The first-order chi connectivity index (χ1) is 8.26. The Labute approximate surface area is 103 Å². The molecule has 0 saturated carbocycles. The highest BCUT2D eigenvalue weighted by Crippen LogP contribution is 2.32. The van der Waals surface area contributed by atoms with Crippen LogP contribution in [0.2, 0.25) is 0 Å². The lowest BCUT2D eigenvalue weighted by Crippen LogP contribution is -2.29. The summed E-state index contributed by atoms with van der Waals surface area (Å²) < 4.78 is 11.2. The van der Waals surface area contributed by atoms with Crippen LogP contribution in [-0.4, -0.2) is 26.9 Å². The van der Waals surface area contributed by atoms with Crippen molar-refractivity contribution in [3.8, 4) is 5.75 Å². The van der Waals surface area contributed by atoms with Crippen LogP contribution in [-0.2, 0) is 4.74 Å². The number of likely N-dealkylation sites (N-methyl/N-ethyl adjacent to an activating group) is 1. The lowest BCUT2D eigenvalue weighted by Gasteiger charge is -2.25. The van der Waals surface area contributed by atoms with Gasteiger partial charge in [-0.25, -0.2) is 0 Å². The number of methoxy groups -OCH3 is 1. The SMILES string of the molecule is CNC(c1cc(C)ccc1OC)C1CCCO1. The summed E-state index contributed by atoms with van der Waals surface area (Å²) in [5, 5.41) is 3.36. The fourth-order valence-corrected chi connectivity index (χ4v) is 2.50. The summed E-state index contributed by atoms with van der Waals surface area (Å²) in [6.45, 7) is 2.97. The third kappa shape index (κ3) is 2.61. The minimum Gasteiger partial charge on any atom is -0.496 e. The van der Waals surface area contributed by atoms with Gasteiger partial charge in [0.1, 0.15) is 5.75 Å². The van der Waals surface area contributed by atoms with Crippen molar-refractivity contribution in [3.63, 3.8) is 0 Å². The summed E-state index contributed by atoms with van der Waals surface area (Å²) >= 11 is 0. The molecule has 17 heavy (non-hydrogen) atoms. The molecule has 3 heteroatoms. The second-order valence-electron chi connectivity index (χ2n) is 4.56. The predicted octanol–water partition coefficient (Wildman–Crippen LogP) is 2.44. The normalized spacial score (nSPS) is 21.5. The molecule has 0 bridgehead atoms. The van der Waals surface area contributed by atoms with Crippen molar-refractivity contribution in [2.45, 2.75) is 31.9 Å². The van der Waals surface area contributed by atoms with Crippen LogP contribution in [0.4, 0.5) is 0 Å². The Bertz CT molecular complexity index is 372. The number of hydrogen-bond donors (Lipinski definition) is 1. The molecule has 2 rings (SSSR count). The van der Waals surface area contributed by atoms with Crippen molar-refractivity contribution in [3.05, 3.63) is 29.3 Å². The van der Waals surface area contributed by atoms with Crippen LogP contribution in [0.5, 0.6) is 5.75 Å². The summed E-state index contributed by atoms with van der Waals surface area (Å²) in [6.07, 6.45) is 2.52. The van der Waals surface area contributed by atoms with Crippen LogP contribution < -0.4 is 10.1 Å². The molecule has 1 aromatic rings. The minimum atomic E-state index is 0.215. The molecule has 1 saturated heterocycles. The first-order valence-corrected chi connectivity index (χ1v) is 6.19. The van der Waals surface area contributed by atoms with Crippen molar-refractivity contribution < 1.29 is 9.47 Å². The molecular formula is C14H21NO2. The molecule has 1 heterocycles. The van der Waals surface area contributed by atoms with Crippen molar-refractivity contribution in [2.24, 2.45) is 0 Å². The van der Waals surface area contributed by atoms with Gasteiger partial charge in [-0.1, -0.05) is 17.7 Å². The highest BCUT2D eigenvalue weighted by molar-refractivity contribution is 5.39. The van der Waals surface area contributed by atoms with Gasteiger partial charge in [-0.2, -0.15) is 0 Å². The zero-order valence-corrected chi connectivity index (χ0v) is 10.8. The third-order valence-corrected chi connectivity index (χ3v) is 3.37. The number of benzene rings is 1. The Balaban J connectivity index is 2.31. The van der Waals surface area contributed by atoms with Gasteiger partial charge < -0.3 is 14.8 Å². The van der Waals surface area contributed by atoms with Gasteiger partial charge in [0.15, 0.2) is 0 Å². The van der Waals surface area contributed by atoms with Crippen LogP contribution in [0.15, 0.2) is 18.2 Å². The van der Waals surface area contributed by atoms with Crippen LogP contribution in [0.25, 0.3) is 0 Å². The smallest absolute Gasteiger partial charge is 0.123 e. The van der Waals surface area contributed by atoms with Gasteiger partial charge in [-0.3, -0.25) is 0 Å². The summed E-state index contributed by atoms with van der Waals surface area (Å²) in [7, 11) is 3.70. The van der Waals surface area contributed by atoms with Gasteiger partial charge in [-0.05, 0) is 32.9 Å². The van der Waals surface area contributed by atoms with E-state index in [-0.39, 0.29) is 12.1 Å². The van der Waals surface area contributed by atoms with Crippen LogP contribution >= 0.6 is 0 Å². The number of aryl methyl sites for hydroxylation is 1. The van der Waals surface area contributed by atoms with E-state index in [1.165, 1.54) is 11.1 Å². The second-order valence-corrected chi connectivity index (χ2v) is 4.56. The van der Waals surface area contributed by atoms with Gasteiger partial charge in [0.25, 0.3) is 0 Å². The highest BCUT2D eigenvalue weighted by atomic mass is 16.5. The van der Waals surface area contributed by atoms with Gasteiger partial charge in [0, 0.05) is 12.2 Å². The van der Waals surface area contributed by atoms with Crippen LogP contribution in [0, 0.1) is 6.92 Å². The maximum Gasteiger partial charge on any atom is 0.123 e. The first kappa shape index (κ1) is 12.4. The number of hydrogen-bond acceptors (Lipinski definition) is 3. The largest absolute Gasteiger partial charge is 0.496 e. The second kappa shape index (κ2) is 5.52. The number of ether oxygens (including phenoxy) is 2. The third-order valence-electron chi connectivity index (χ3n) is 3.37. The van der Waals surface area contributed by atoms with Crippen molar-refractivity contribution in [1.82, 2.24) is 5.32 Å². The monoisotopic (exact) mass is 235 g/mol. The Morgan fingerprint density at radius 2 is 2.29 bits per heavy atom. The zero-order chi connectivity index (χ0) is 12.3. The molecule has 2 atom stereocenters. The minimum absolute atomic E-state index is 0.215. The molecule has 1 aliphatic heterocycles.